The zero-order valence-corrected chi connectivity index (χ0v) is 17.6. The normalized spacial score (nSPS) is 27.8. The minimum absolute atomic E-state index is 0.0550. The van der Waals surface area contributed by atoms with Gasteiger partial charge >= 0.3 is 0 Å². The van der Waals surface area contributed by atoms with Crippen molar-refractivity contribution in [2.24, 2.45) is 11.8 Å². The van der Waals surface area contributed by atoms with Crippen molar-refractivity contribution in [1.29, 1.82) is 0 Å². The van der Waals surface area contributed by atoms with E-state index in [1.165, 1.54) is 16.7 Å². The fourth-order valence-electron chi connectivity index (χ4n) is 5.37. The molecule has 4 nitrogen and oxygen atoms in total. The van der Waals surface area contributed by atoms with Crippen LogP contribution in [0, 0.1) is 18.8 Å². The quantitative estimate of drug-likeness (QED) is 0.797. The van der Waals surface area contributed by atoms with E-state index >= 15 is 0 Å². The molecule has 1 saturated heterocycles. The predicted molar refractivity (Wildman–Crippen MR) is 115 cm³/mol. The van der Waals surface area contributed by atoms with Crippen molar-refractivity contribution >= 4 is 5.78 Å². The van der Waals surface area contributed by atoms with Crippen molar-refractivity contribution in [3.63, 3.8) is 0 Å². The smallest absolute Gasteiger partial charge is 0.134 e. The SMILES string of the molecule is CC(=O)[C@H]1CN(C[C@@H]2CCc3cccnc3[C@@H](O)C2)CC[C@@H]1c1ccccc1C. The Morgan fingerprint density at radius 2 is 2.03 bits per heavy atom. The van der Waals surface area contributed by atoms with Gasteiger partial charge in [-0.1, -0.05) is 30.3 Å². The number of aryl methyl sites for hydroxylation is 2. The molecule has 0 unspecified atom stereocenters. The Hall–Kier alpha value is -2.04. The van der Waals surface area contributed by atoms with Gasteiger partial charge in [0.2, 0.25) is 0 Å². The molecule has 4 heteroatoms. The molecule has 1 aromatic carbocycles. The number of fused-ring (bicyclic) bond motifs is 1. The summed E-state index contributed by atoms with van der Waals surface area (Å²) < 4.78 is 0. The second-order valence-electron chi connectivity index (χ2n) is 8.93. The lowest BCUT2D eigenvalue weighted by atomic mass is 9.77. The van der Waals surface area contributed by atoms with Crippen molar-refractivity contribution in [2.45, 2.75) is 51.6 Å². The minimum atomic E-state index is -0.480. The first-order valence-corrected chi connectivity index (χ1v) is 10.9. The molecule has 2 aromatic rings. The summed E-state index contributed by atoms with van der Waals surface area (Å²) >= 11 is 0. The van der Waals surface area contributed by atoms with Gasteiger partial charge in [-0.2, -0.15) is 0 Å². The lowest BCUT2D eigenvalue weighted by Crippen LogP contribution is -2.44. The van der Waals surface area contributed by atoms with E-state index in [0.717, 1.165) is 51.0 Å². The van der Waals surface area contributed by atoms with Crippen molar-refractivity contribution < 1.29 is 9.90 Å². The van der Waals surface area contributed by atoms with Crippen LogP contribution in [0.1, 0.15) is 60.6 Å². The maximum absolute atomic E-state index is 12.5. The van der Waals surface area contributed by atoms with Gasteiger partial charge in [-0.05, 0) is 80.7 Å². The molecule has 1 aliphatic heterocycles. The van der Waals surface area contributed by atoms with Crippen LogP contribution in [0.5, 0.6) is 0 Å². The number of carbonyl (C=O) groups excluding carboxylic acids is 1. The van der Waals surface area contributed by atoms with E-state index in [-0.39, 0.29) is 5.92 Å². The molecule has 0 saturated carbocycles. The Morgan fingerprint density at radius 3 is 2.83 bits per heavy atom. The molecule has 4 atom stereocenters. The van der Waals surface area contributed by atoms with E-state index in [4.69, 9.17) is 0 Å². The zero-order chi connectivity index (χ0) is 20.4. The van der Waals surface area contributed by atoms with E-state index < -0.39 is 6.10 Å². The molecular formula is C25H32N2O2. The molecule has 0 radical (unpaired) electrons. The number of aromatic nitrogens is 1. The first kappa shape index (κ1) is 20.2. The second kappa shape index (κ2) is 8.76. The summed E-state index contributed by atoms with van der Waals surface area (Å²) in [5, 5.41) is 10.7. The maximum atomic E-state index is 12.5. The third-order valence-electron chi connectivity index (χ3n) is 6.94. The third-order valence-corrected chi connectivity index (χ3v) is 6.94. The van der Waals surface area contributed by atoms with Crippen molar-refractivity contribution in [1.82, 2.24) is 9.88 Å². The molecule has 2 heterocycles. The molecular weight excluding hydrogens is 360 g/mol. The van der Waals surface area contributed by atoms with Crippen LogP contribution in [-0.2, 0) is 11.2 Å². The summed E-state index contributed by atoms with van der Waals surface area (Å²) in [6.45, 7) is 6.69. The van der Waals surface area contributed by atoms with Crippen LogP contribution in [-0.4, -0.2) is 40.4 Å². The second-order valence-corrected chi connectivity index (χ2v) is 8.93. The minimum Gasteiger partial charge on any atom is -0.387 e. The van der Waals surface area contributed by atoms with Crippen molar-refractivity contribution in [2.75, 3.05) is 19.6 Å². The van der Waals surface area contributed by atoms with E-state index in [9.17, 15) is 9.90 Å². The summed E-state index contributed by atoms with van der Waals surface area (Å²) in [5.74, 6) is 1.10. The molecule has 0 amide bonds. The number of pyridine rings is 1. The van der Waals surface area contributed by atoms with Crippen molar-refractivity contribution in [3.8, 4) is 0 Å². The molecule has 2 aliphatic rings. The van der Waals surface area contributed by atoms with Gasteiger partial charge in [-0.25, -0.2) is 0 Å². The van der Waals surface area contributed by atoms with E-state index in [0.29, 0.717) is 17.6 Å². The number of nitrogens with zero attached hydrogens (tertiary/aromatic N) is 2. The van der Waals surface area contributed by atoms with Crippen LogP contribution >= 0.6 is 0 Å². The lowest BCUT2D eigenvalue weighted by molar-refractivity contribution is -0.123. The standard InChI is InChI=1S/C25H32N2O2/c1-17-6-3-4-8-21(17)22-11-13-27(16-23(22)18(2)28)15-19-9-10-20-7-5-12-26-25(20)24(29)14-19/h3-8,12,19,22-24,29H,9-11,13-16H2,1-2H3/t19-,22-,23-,24+/m1/s1. The Morgan fingerprint density at radius 1 is 1.21 bits per heavy atom. The van der Waals surface area contributed by atoms with E-state index in [2.05, 4.69) is 47.1 Å². The van der Waals surface area contributed by atoms with Crippen LogP contribution in [0.3, 0.4) is 0 Å². The van der Waals surface area contributed by atoms with Gasteiger partial charge in [0.1, 0.15) is 5.78 Å². The molecule has 1 aliphatic carbocycles. The number of carbonyl (C=O) groups is 1. The highest BCUT2D eigenvalue weighted by Gasteiger charge is 2.35. The molecule has 0 bridgehead atoms. The zero-order valence-electron chi connectivity index (χ0n) is 17.6. The van der Waals surface area contributed by atoms with Crippen LogP contribution in [0.25, 0.3) is 0 Å². The largest absolute Gasteiger partial charge is 0.387 e. The lowest BCUT2D eigenvalue weighted by Gasteiger charge is -2.39. The first-order chi connectivity index (χ1) is 14.0. The highest BCUT2D eigenvalue weighted by Crippen LogP contribution is 2.37. The number of aliphatic hydroxyl groups is 1. The molecule has 29 heavy (non-hydrogen) atoms. The van der Waals surface area contributed by atoms with Gasteiger partial charge in [-0.15, -0.1) is 0 Å². The molecule has 1 fully saturated rings. The van der Waals surface area contributed by atoms with Crippen molar-refractivity contribution in [3.05, 3.63) is 65.0 Å². The number of aliphatic hydroxyl groups excluding tert-OH is 1. The molecule has 1 aromatic heterocycles. The fourth-order valence-corrected chi connectivity index (χ4v) is 5.37. The Labute approximate surface area is 174 Å². The number of benzene rings is 1. The molecule has 0 spiro atoms. The average molecular weight is 393 g/mol. The van der Waals surface area contributed by atoms with Gasteiger partial charge in [-0.3, -0.25) is 9.78 Å². The van der Waals surface area contributed by atoms with Gasteiger partial charge in [0.05, 0.1) is 11.8 Å². The summed E-state index contributed by atoms with van der Waals surface area (Å²) in [6.07, 6.45) is 5.11. The van der Waals surface area contributed by atoms with Gasteiger partial charge in [0.15, 0.2) is 0 Å². The number of piperidine rings is 1. The number of hydrogen-bond donors (Lipinski definition) is 1. The van der Waals surface area contributed by atoms with E-state index in [1.54, 1.807) is 13.1 Å². The monoisotopic (exact) mass is 392 g/mol. The molecule has 154 valence electrons. The van der Waals surface area contributed by atoms with E-state index in [1.807, 2.05) is 6.07 Å². The Balaban J connectivity index is 1.44. The molecule has 1 N–H and O–H groups in total. The average Bonchev–Trinajstić information content (AvgIpc) is 2.87. The topological polar surface area (TPSA) is 53.4 Å². The third kappa shape index (κ3) is 4.44. The number of rotatable bonds is 4. The number of ketones is 1. The summed E-state index contributed by atoms with van der Waals surface area (Å²) in [7, 11) is 0. The van der Waals surface area contributed by atoms with Crippen LogP contribution in [0.2, 0.25) is 0 Å². The highest BCUT2D eigenvalue weighted by atomic mass is 16.3. The number of Topliss-reactive ketones (excluding diaryl/α,β-unsaturated/α-hetero) is 1. The van der Waals surface area contributed by atoms with Crippen LogP contribution in [0.15, 0.2) is 42.6 Å². The van der Waals surface area contributed by atoms with Crippen LogP contribution in [0.4, 0.5) is 0 Å². The van der Waals surface area contributed by atoms with Gasteiger partial charge in [0, 0.05) is 25.2 Å². The summed E-state index contributed by atoms with van der Waals surface area (Å²) in [6, 6.07) is 12.5. The first-order valence-electron chi connectivity index (χ1n) is 10.9. The van der Waals surface area contributed by atoms with Gasteiger partial charge in [0.25, 0.3) is 0 Å². The maximum Gasteiger partial charge on any atom is 0.134 e. The number of likely N-dealkylation sites (tertiary alicyclic amines) is 1. The Bertz CT molecular complexity index is 865. The van der Waals surface area contributed by atoms with Gasteiger partial charge < -0.3 is 10.0 Å². The van der Waals surface area contributed by atoms with Crippen LogP contribution < -0.4 is 0 Å². The predicted octanol–water partition coefficient (Wildman–Crippen LogP) is 4.07. The summed E-state index contributed by atoms with van der Waals surface area (Å²) in [4.78, 5) is 19.4. The summed E-state index contributed by atoms with van der Waals surface area (Å²) in [5.41, 5.74) is 4.66. The molecule has 4 rings (SSSR count). The Kier molecular flexibility index (Phi) is 6.12. The highest BCUT2D eigenvalue weighted by molar-refractivity contribution is 5.80. The number of hydrogen-bond acceptors (Lipinski definition) is 4. The fraction of sp³-hybridized carbons (Fsp3) is 0.520.